The summed E-state index contributed by atoms with van der Waals surface area (Å²) < 4.78 is 0. The Morgan fingerprint density at radius 3 is 2.87 bits per heavy atom. The van der Waals surface area contributed by atoms with Gasteiger partial charge in [-0.2, -0.15) is 0 Å². The lowest BCUT2D eigenvalue weighted by Crippen LogP contribution is -2.28. The second kappa shape index (κ2) is 4.36. The largest absolute Gasteiger partial charge is 0.362 e. The molecule has 1 saturated carbocycles. The zero-order valence-corrected chi connectivity index (χ0v) is 10.9. The molecule has 0 aromatic heterocycles. The van der Waals surface area contributed by atoms with Gasteiger partial charge >= 0.3 is 0 Å². The van der Waals surface area contributed by atoms with Gasteiger partial charge in [-0.25, -0.2) is 0 Å². The van der Waals surface area contributed by atoms with Crippen molar-refractivity contribution in [3.05, 3.63) is 0 Å². The quantitative estimate of drug-likeness (QED) is 0.743. The first-order chi connectivity index (χ1) is 7.05. The Morgan fingerprint density at radius 2 is 2.27 bits per heavy atom. The molecule has 2 atom stereocenters. The van der Waals surface area contributed by atoms with E-state index in [1.807, 2.05) is 11.8 Å². The standard InChI is InChI=1S/C12H22N2S/c1-9-8-15-11(13-9)14-10-5-4-6-12(2,3)7-10/h9-10H,4-8H2,1-3H3,(H,13,14). The minimum Gasteiger partial charge on any atom is -0.362 e. The van der Waals surface area contributed by atoms with E-state index < -0.39 is 0 Å². The van der Waals surface area contributed by atoms with Crippen LogP contribution in [0.4, 0.5) is 0 Å². The molecule has 0 aromatic rings. The van der Waals surface area contributed by atoms with Crippen LogP contribution in [0.3, 0.4) is 0 Å². The molecule has 0 aromatic carbocycles. The lowest BCUT2D eigenvalue weighted by atomic mass is 9.75. The summed E-state index contributed by atoms with van der Waals surface area (Å²) in [5, 5.41) is 4.63. The van der Waals surface area contributed by atoms with Gasteiger partial charge in [0.15, 0.2) is 5.17 Å². The summed E-state index contributed by atoms with van der Waals surface area (Å²) in [4.78, 5) is 4.85. The van der Waals surface area contributed by atoms with Gasteiger partial charge in [-0.1, -0.05) is 32.0 Å². The zero-order chi connectivity index (χ0) is 10.9. The highest BCUT2D eigenvalue weighted by atomic mass is 32.2. The topological polar surface area (TPSA) is 24.4 Å². The van der Waals surface area contributed by atoms with E-state index in [2.05, 4.69) is 26.1 Å². The number of aliphatic imine (C=N–C) groups is 1. The first-order valence-corrected chi connectivity index (χ1v) is 7.01. The van der Waals surface area contributed by atoms with Crippen molar-refractivity contribution < 1.29 is 0 Å². The van der Waals surface area contributed by atoms with Crippen LogP contribution in [0.15, 0.2) is 4.99 Å². The number of nitrogens with one attached hydrogen (secondary N) is 1. The van der Waals surface area contributed by atoms with E-state index in [4.69, 9.17) is 4.99 Å². The zero-order valence-electron chi connectivity index (χ0n) is 10.0. The SMILES string of the molecule is CC1CSC(=NC2CCCC(C)(C)C2)N1. The number of amidine groups is 1. The molecule has 2 unspecified atom stereocenters. The van der Waals surface area contributed by atoms with Crippen molar-refractivity contribution in [1.29, 1.82) is 0 Å². The van der Waals surface area contributed by atoms with Gasteiger partial charge in [-0.05, 0) is 31.6 Å². The second-order valence-corrected chi connectivity index (χ2v) is 6.71. The van der Waals surface area contributed by atoms with Crippen molar-refractivity contribution in [1.82, 2.24) is 5.32 Å². The number of hydrogen-bond acceptors (Lipinski definition) is 2. The summed E-state index contributed by atoms with van der Waals surface area (Å²) in [6, 6.07) is 1.17. The van der Waals surface area contributed by atoms with Crippen LogP contribution in [-0.2, 0) is 0 Å². The van der Waals surface area contributed by atoms with Gasteiger partial charge in [0.25, 0.3) is 0 Å². The molecule has 2 fully saturated rings. The first-order valence-electron chi connectivity index (χ1n) is 6.02. The van der Waals surface area contributed by atoms with Crippen molar-refractivity contribution in [3.8, 4) is 0 Å². The van der Waals surface area contributed by atoms with Gasteiger partial charge in [0.1, 0.15) is 0 Å². The molecule has 15 heavy (non-hydrogen) atoms. The molecule has 0 spiro atoms. The van der Waals surface area contributed by atoms with Gasteiger partial charge in [0.05, 0.1) is 6.04 Å². The Kier molecular flexibility index (Phi) is 3.29. The highest BCUT2D eigenvalue weighted by Crippen LogP contribution is 2.36. The highest BCUT2D eigenvalue weighted by Gasteiger charge is 2.28. The fourth-order valence-corrected chi connectivity index (χ4v) is 3.51. The van der Waals surface area contributed by atoms with Crippen molar-refractivity contribution >= 4 is 16.9 Å². The third kappa shape index (κ3) is 3.13. The number of hydrogen-bond donors (Lipinski definition) is 1. The molecule has 86 valence electrons. The van der Waals surface area contributed by atoms with Crippen molar-refractivity contribution in [2.45, 2.75) is 58.5 Å². The molecule has 0 radical (unpaired) electrons. The highest BCUT2D eigenvalue weighted by molar-refractivity contribution is 8.14. The molecule has 3 heteroatoms. The summed E-state index contributed by atoms with van der Waals surface area (Å²) in [7, 11) is 0. The fraction of sp³-hybridized carbons (Fsp3) is 0.917. The number of nitrogens with zero attached hydrogens (tertiary/aromatic N) is 1. The molecule has 2 rings (SSSR count). The normalized spacial score (nSPS) is 37.9. The van der Waals surface area contributed by atoms with Crippen LogP contribution in [0.1, 0.15) is 46.5 Å². The van der Waals surface area contributed by atoms with Crippen molar-refractivity contribution in [2.24, 2.45) is 10.4 Å². The minimum absolute atomic E-state index is 0.502. The maximum Gasteiger partial charge on any atom is 0.157 e. The van der Waals surface area contributed by atoms with E-state index in [0.29, 0.717) is 17.5 Å². The molecule has 1 N–H and O–H groups in total. The predicted octanol–water partition coefficient (Wildman–Crippen LogP) is 3.04. The van der Waals surface area contributed by atoms with Gasteiger partial charge in [-0.15, -0.1) is 0 Å². The smallest absolute Gasteiger partial charge is 0.157 e. The molecule has 0 bridgehead atoms. The van der Waals surface area contributed by atoms with Crippen LogP contribution >= 0.6 is 11.8 Å². The summed E-state index contributed by atoms with van der Waals surface area (Å²) >= 11 is 1.88. The molecule has 1 aliphatic carbocycles. The Bertz CT molecular complexity index is 260. The van der Waals surface area contributed by atoms with E-state index in [1.165, 1.54) is 36.6 Å². The molecule has 1 heterocycles. The molecule has 2 nitrogen and oxygen atoms in total. The van der Waals surface area contributed by atoms with E-state index in [9.17, 15) is 0 Å². The average Bonchev–Trinajstić information content (AvgIpc) is 2.49. The van der Waals surface area contributed by atoms with Crippen LogP contribution in [-0.4, -0.2) is 23.0 Å². The lowest BCUT2D eigenvalue weighted by molar-refractivity contribution is 0.222. The maximum atomic E-state index is 4.85. The summed E-state index contributed by atoms with van der Waals surface area (Å²) in [6.45, 7) is 6.97. The monoisotopic (exact) mass is 226 g/mol. The van der Waals surface area contributed by atoms with Crippen LogP contribution < -0.4 is 5.32 Å². The molecule has 1 saturated heterocycles. The Balaban J connectivity index is 1.94. The van der Waals surface area contributed by atoms with Gasteiger partial charge in [0, 0.05) is 11.8 Å². The van der Waals surface area contributed by atoms with Crippen LogP contribution in [0.5, 0.6) is 0 Å². The van der Waals surface area contributed by atoms with Crippen LogP contribution in [0, 0.1) is 5.41 Å². The minimum atomic E-state index is 0.502. The lowest BCUT2D eigenvalue weighted by Gasteiger charge is -2.33. The van der Waals surface area contributed by atoms with E-state index in [0.717, 1.165) is 0 Å². The van der Waals surface area contributed by atoms with Gasteiger partial charge in [-0.3, -0.25) is 4.99 Å². The second-order valence-electron chi connectivity index (χ2n) is 5.71. The van der Waals surface area contributed by atoms with Gasteiger partial charge in [0.2, 0.25) is 0 Å². The molecular weight excluding hydrogens is 204 g/mol. The van der Waals surface area contributed by atoms with Gasteiger partial charge < -0.3 is 5.32 Å². The summed E-state index contributed by atoms with van der Waals surface area (Å²) in [5.41, 5.74) is 0.502. The Morgan fingerprint density at radius 1 is 1.47 bits per heavy atom. The number of thioether (sulfide) groups is 1. The summed E-state index contributed by atoms with van der Waals surface area (Å²) in [6.07, 6.45) is 5.25. The van der Waals surface area contributed by atoms with Crippen molar-refractivity contribution in [2.75, 3.05) is 5.75 Å². The van der Waals surface area contributed by atoms with Crippen molar-refractivity contribution in [3.63, 3.8) is 0 Å². The van der Waals surface area contributed by atoms with E-state index in [-0.39, 0.29) is 0 Å². The van der Waals surface area contributed by atoms with E-state index >= 15 is 0 Å². The average molecular weight is 226 g/mol. The molecule has 2 aliphatic rings. The third-order valence-corrected chi connectivity index (χ3v) is 4.48. The summed E-state index contributed by atoms with van der Waals surface area (Å²) in [5.74, 6) is 1.18. The van der Waals surface area contributed by atoms with Crippen LogP contribution in [0.25, 0.3) is 0 Å². The maximum absolute atomic E-state index is 4.85. The number of rotatable bonds is 1. The third-order valence-electron chi connectivity index (χ3n) is 3.32. The first kappa shape index (κ1) is 11.3. The fourth-order valence-electron chi connectivity index (χ4n) is 2.51. The molecular formula is C12H22N2S. The van der Waals surface area contributed by atoms with E-state index in [1.54, 1.807) is 0 Å². The van der Waals surface area contributed by atoms with Crippen LogP contribution in [0.2, 0.25) is 0 Å². The predicted molar refractivity (Wildman–Crippen MR) is 68.5 cm³/mol. The Hall–Kier alpha value is -0.180. The molecule has 1 aliphatic heterocycles. The molecule has 0 amide bonds. The Labute approximate surface area is 97.3 Å².